The topological polar surface area (TPSA) is 52.6 Å². The standard InChI is InChI=1S/C40H34O4/c1-43-36(41)38(26-35(38)30-12-6-3-7-13-30)31-22-18-28(19-23-31)29-20-24-34(25-21-29)40(37(42)44-2)27-39(40,32-14-8-4-9-15-32)33-16-10-5-11-17-33/h3-25,35H,26-27H2,1-2H3/t35-,38-,40+/m0/s1. The largest absolute Gasteiger partial charge is 0.468 e. The van der Waals surface area contributed by atoms with Crippen LogP contribution < -0.4 is 0 Å². The number of ether oxygens (including phenoxy) is 2. The molecule has 3 atom stereocenters. The zero-order valence-corrected chi connectivity index (χ0v) is 24.9. The van der Waals surface area contributed by atoms with Crippen LogP contribution in [0.3, 0.4) is 0 Å². The molecule has 0 saturated heterocycles. The van der Waals surface area contributed by atoms with Crippen molar-refractivity contribution in [3.63, 3.8) is 0 Å². The highest BCUT2D eigenvalue weighted by atomic mass is 16.5. The van der Waals surface area contributed by atoms with Gasteiger partial charge in [0.15, 0.2) is 0 Å². The van der Waals surface area contributed by atoms with Crippen LogP contribution in [0.2, 0.25) is 0 Å². The molecule has 2 fully saturated rings. The Labute approximate surface area is 258 Å². The maximum atomic E-state index is 13.7. The highest BCUT2D eigenvalue weighted by molar-refractivity contribution is 5.93. The Morgan fingerprint density at radius 3 is 1.48 bits per heavy atom. The lowest BCUT2D eigenvalue weighted by atomic mass is 9.77. The van der Waals surface area contributed by atoms with Crippen LogP contribution >= 0.6 is 0 Å². The summed E-state index contributed by atoms with van der Waals surface area (Å²) < 4.78 is 10.8. The Morgan fingerprint density at radius 2 is 1.00 bits per heavy atom. The molecule has 4 nitrogen and oxygen atoms in total. The Bertz CT molecular complexity index is 1760. The van der Waals surface area contributed by atoms with Crippen molar-refractivity contribution in [2.45, 2.75) is 35.0 Å². The molecule has 5 aromatic rings. The minimum atomic E-state index is -0.835. The zero-order valence-electron chi connectivity index (χ0n) is 24.9. The lowest BCUT2D eigenvalue weighted by molar-refractivity contribution is -0.144. The second kappa shape index (κ2) is 10.6. The number of esters is 2. The van der Waals surface area contributed by atoms with Crippen molar-refractivity contribution in [1.29, 1.82) is 0 Å². The first-order valence-electron chi connectivity index (χ1n) is 15.1. The molecule has 0 aromatic heterocycles. The third kappa shape index (κ3) is 4.05. The predicted octanol–water partition coefficient (Wildman–Crippen LogP) is 7.75. The smallest absolute Gasteiger partial charge is 0.317 e. The first kappa shape index (κ1) is 27.8. The van der Waals surface area contributed by atoms with Crippen LogP contribution in [0.4, 0.5) is 0 Å². The van der Waals surface area contributed by atoms with Crippen molar-refractivity contribution in [3.05, 3.63) is 167 Å². The van der Waals surface area contributed by atoms with Crippen molar-refractivity contribution in [2.75, 3.05) is 14.2 Å². The second-order valence-electron chi connectivity index (χ2n) is 12.0. The Morgan fingerprint density at radius 1 is 0.545 bits per heavy atom. The predicted molar refractivity (Wildman–Crippen MR) is 171 cm³/mol. The van der Waals surface area contributed by atoms with Crippen LogP contribution in [0.1, 0.15) is 46.6 Å². The average Bonchev–Trinajstić information content (AvgIpc) is 4.02. The maximum Gasteiger partial charge on any atom is 0.317 e. The molecule has 0 unspecified atom stereocenters. The zero-order chi connectivity index (χ0) is 30.4. The lowest BCUT2D eigenvalue weighted by Crippen LogP contribution is -2.32. The van der Waals surface area contributed by atoms with Gasteiger partial charge in [-0.25, -0.2) is 0 Å². The summed E-state index contributed by atoms with van der Waals surface area (Å²) in [6, 6.07) is 47.3. The van der Waals surface area contributed by atoms with E-state index in [9.17, 15) is 9.59 Å². The van der Waals surface area contributed by atoms with Crippen LogP contribution in [0, 0.1) is 0 Å². The van der Waals surface area contributed by atoms with Gasteiger partial charge in [0.2, 0.25) is 0 Å². The van der Waals surface area contributed by atoms with Gasteiger partial charge >= 0.3 is 11.9 Å². The Kier molecular flexibility index (Phi) is 6.73. The van der Waals surface area contributed by atoms with E-state index in [1.54, 1.807) is 0 Å². The molecule has 0 spiro atoms. The van der Waals surface area contributed by atoms with Crippen LogP contribution in [-0.4, -0.2) is 26.2 Å². The maximum absolute atomic E-state index is 13.7. The van der Waals surface area contributed by atoms with Crippen molar-refractivity contribution >= 4 is 11.9 Å². The van der Waals surface area contributed by atoms with Crippen LogP contribution in [0.5, 0.6) is 0 Å². The van der Waals surface area contributed by atoms with E-state index in [0.29, 0.717) is 6.42 Å². The monoisotopic (exact) mass is 578 g/mol. The van der Waals surface area contributed by atoms with Gasteiger partial charge in [-0.1, -0.05) is 140 Å². The lowest BCUT2D eigenvalue weighted by Gasteiger charge is -2.26. The summed E-state index contributed by atoms with van der Waals surface area (Å²) in [5.41, 5.74) is 5.32. The first-order chi connectivity index (χ1) is 21.5. The molecule has 5 aromatic carbocycles. The summed E-state index contributed by atoms with van der Waals surface area (Å²) in [6.45, 7) is 0. The van der Waals surface area contributed by atoms with Crippen molar-refractivity contribution in [2.24, 2.45) is 0 Å². The summed E-state index contributed by atoms with van der Waals surface area (Å²) in [4.78, 5) is 26.7. The van der Waals surface area contributed by atoms with Crippen molar-refractivity contribution < 1.29 is 19.1 Å². The van der Waals surface area contributed by atoms with Gasteiger partial charge in [-0.3, -0.25) is 9.59 Å². The number of benzene rings is 5. The summed E-state index contributed by atoms with van der Waals surface area (Å²) >= 11 is 0. The number of hydrogen-bond donors (Lipinski definition) is 0. The van der Waals surface area contributed by atoms with Crippen LogP contribution in [0.25, 0.3) is 11.1 Å². The molecule has 7 rings (SSSR count). The van der Waals surface area contributed by atoms with Gasteiger partial charge in [0.1, 0.15) is 10.8 Å². The molecule has 2 aliphatic rings. The molecule has 218 valence electrons. The van der Waals surface area contributed by atoms with E-state index < -0.39 is 16.2 Å². The van der Waals surface area contributed by atoms with Gasteiger partial charge < -0.3 is 9.47 Å². The number of carbonyl (C=O) groups is 2. The van der Waals surface area contributed by atoms with E-state index in [0.717, 1.165) is 45.4 Å². The van der Waals surface area contributed by atoms with Gasteiger partial charge in [0.05, 0.1) is 14.2 Å². The molecule has 0 bridgehead atoms. The third-order valence-electron chi connectivity index (χ3n) is 10.0. The third-order valence-corrected chi connectivity index (χ3v) is 10.0. The minimum Gasteiger partial charge on any atom is -0.468 e. The summed E-state index contributed by atoms with van der Waals surface area (Å²) in [6.07, 6.45) is 1.37. The molecule has 44 heavy (non-hydrogen) atoms. The molecular weight excluding hydrogens is 544 g/mol. The summed E-state index contributed by atoms with van der Waals surface area (Å²) in [5, 5.41) is 0. The quantitative estimate of drug-likeness (QED) is 0.177. The van der Waals surface area contributed by atoms with Gasteiger partial charge in [0, 0.05) is 11.3 Å². The van der Waals surface area contributed by atoms with E-state index in [2.05, 4.69) is 84.9 Å². The molecular formula is C40H34O4. The molecule has 0 N–H and O–H groups in total. The number of rotatable bonds is 8. The molecule has 0 radical (unpaired) electrons. The van der Waals surface area contributed by atoms with Crippen LogP contribution in [0.15, 0.2) is 140 Å². The normalized spacial score (nSPS) is 22.9. The number of hydrogen-bond acceptors (Lipinski definition) is 4. The summed E-state index contributed by atoms with van der Waals surface area (Å²) in [7, 11) is 2.94. The molecule has 4 heteroatoms. The van der Waals surface area contributed by atoms with Gasteiger partial charge in [0.25, 0.3) is 0 Å². The van der Waals surface area contributed by atoms with E-state index in [1.807, 2.05) is 54.6 Å². The Hall–Kier alpha value is -4.96. The van der Waals surface area contributed by atoms with Gasteiger partial charge in [-0.15, -0.1) is 0 Å². The molecule has 0 aliphatic heterocycles. The van der Waals surface area contributed by atoms with E-state index >= 15 is 0 Å². The van der Waals surface area contributed by atoms with E-state index in [1.165, 1.54) is 14.2 Å². The second-order valence-corrected chi connectivity index (χ2v) is 12.0. The van der Waals surface area contributed by atoms with Crippen molar-refractivity contribution in [1.82, 2.24) is 0 Å². The minimum absolute atomic E-state index is 0.101. The SMILES string of the molecule is COC(=O)[C@]1(c2ccc(-c3ccc([C@@]4(C(=O)OC)CC4(c4ccccc4)c4ccccc4)cc3)cc2)C[C@H]1c1ccccc1. The van der Waals surface area contributed by atoms with Gasteiger partial charge in [-0.05, 0) is 51.8 Å². The fraction of sp³-hybridized carbons (Fsp3) is 0.200. The Balaban J connectivity index is 1.22. The molecule has 2 aliphatic carbocycles. The highest BCUT2D eigenvalue weighted by Crippen LogP contribution is 2.69. The summed E-state index contributed by atoms with van der Waals surface area (Å²) in [5.74, 6) is -0.321. The molecule has 0 amide bonds. The van der Waals surface area contributed by atoms with E-state index in [4.69, 9.17) is 9.47 Å². The number of carbonyl (C=O) groups excluding carboxylic acids is 2. The van der Waals surface area contributed by atoms with Crippen molar-refractivity contribution in [3.8, 4) is 11.1 Å². The number of methoxy groups -OCH3 is 2. The molecule has 2 saturated carbocycles. The van der Waals surface area contributed by atoms with Gasteiger partial charge in [-0.2, -0.15) is 0 Å². The first-order valence-corrected chi connectivity index (χ1v) is 15.1. The van der Waals surface area contributed by atoms with E-state index in [-0.39, 0.29) is 17.9 Å². The fourth-order valence-electron chi connectivity index (χ4n) is 7.65. The fourth-order valence-corrected chi connectivity index (χ4v) is 7.65. The average molecular weight is 579 g/mol. The van der Waals surface area contributed by atoms with Crippen LogP contribution in [-0.2, 0) is 35.3 Å². The highest BCUT2D eigenvalue weighted by Gasteiger charge is 2.75. The molecule has 0 heterocycles.